The number of benzene rings is 2. The number of nitrogens with zero attached hydrogens (tertiary/aromatic N) is 3. The van der Waals surface area contributed by atoms with Gasteiger partial charge in [0.15, 0.2) is 0 Å². The van der Waals surface area contributed by atoms with Crippen LogP contribution < -0.4 is 10.6 Å². The van der Waals surface area contributed by atoms with Gasteiger partial charge >= 0.3 is 0 Å². The molecule has 0 radical (unpaired) electrons. The van der Waals surface area contributed by atoms with Gasteiger partial charge in [0.1, 0.15) is 0 Å². The maximum Gasteiger partial charge on any atom is 0.0792 e. The standard InChI is InChI=1S/C29H45N5/c1-7-13-28(33(9-3)10-4)30-24-17-15-22-19-23-16-18-25(21-27(23)32-26(22)20-24)31-29(14-8-2)34(11-5)12-6/h15-21,28-31H,7-14H2,1-6H3. The summed E-state index contributed by atoms with van der Waals surface area (Å²) in [5.74, 6) is 0. The highest BCUT2D eigenvalue weighted by molar-refractivity contribution is 5.95. The Morgan fingerprint density at radius 2 is 1.03 bits per heavy atom. The van der Waals surface area contributed by atoms with Crippen LogP contribution in [0.1, 0.15) is 67.2 Å². The molecule has 186 valence electrons. The molecule has 2 atom stereocenters. The van der Waals surface area contributed by atoms with Crippen molar-refractivity contribution in [2.75, 3.05) is 36.8 Å². The molecule has 0 aliphatic carbocycles. The summed E-state index contributed by atoms with van der Waals surface area (Å²) in [5.41, 5.74) is 4.36. The van der Waals surface area contributed by atoms with Crippen molar-refractivity contribution in [3.05, 3.63) is 42.5 Å². The molecule has 0 aliphatic heterocycles. The Morgan fingerprint density at radius 1 is 0.618 bits per heavy atom. The molecule has 5 heteroatoms. The first kappa shape index (κ1) is 26.2. The third kappa shape index (κ3) is 6.39. The highest BCUT2D eigenvalue weighted by Crippen LogP contribution is 2.26. The van der Waals surface area contributed by atoms with E-state index in [2.05, 4.69) is 104 Å². The lowest BCUT2D eigenvalue weighted by Gasteiger charge is -2.31. The summed E-state index contributed by atoms with van der Waals surface area (Å²) >= 11 is 0. The van der Waals surface area contributed by atoms with Gasteiger partial charge in [0.25, 0.3) is 0 Å². The lowest BCUT2D eigenvalue weighted by Crippen LogP contribution is -2.40. The van der Waals surface area contributed by atoms with Gasteiger partial charge in [-0.15, -0.1) is 0 Å². The van der Waals surface area contributed by atoms with Crippen molar-refractivity contribution in [3.8, 4) is 0 Å². The van der Waals surface area contributed by atoms with Crippen molar-refractivity contribution >= 4 is 33.2 Å². The predicted octanol–water partition coefficient (Wildman–Crippen LogP) is 7.15. The summed E-state index contributed by atoms with van der Waals surface area (Å²) in [6.07, 6.45) is 5.28. The molecule has 1 aromatic heterocycles. The SMILES string of the molecule is CCCC(Nc1ccc2cc3ccc(NC(CCC)N(CC)CC)cc3nc2c1)N(CC)CC. The predicted molar refractivity (Wildman–Crippen MR) is 150 cm³/mol. The molecule has 2 unspecified atom stereocenters. The summed E-state index contributed by atoms with van der Waals surface area (Å²) in [6.45, 7) is 17.6. The van der Waals surface area contributed by atoms with E-state index in [-0.39, 0.29) is 0 Å². The second kappa shape index (κ2) is 12.9. The van der Waals surface area contributed by atoms with Crippen molar-refractivity contribution in [1.82, 2.24) is 14.8 Å². The summed E-state index contributed by atoms with van der Waals surface area (Å²) in [6, 6.07) is 15.4. The first-order chi connectivity index (χ1) is 16.6. The Labute approximate surface area is 206 Å². The maximum atomic E-state index is 5.07. The number of fused-ring (bicyclic) bond motifs is 2. The summed E-state index contributed by atoms with van der Waals surface area (Å²) in [7, 11) is 0. The van der Waals surface area contributed by atoms with E-state index in [4.69, 9.17) is 4.98 Å². The minimum atomic E-state index is 0.351. The molecular weight excluding hydrogens is 418 g/mol. The molecule has 2 N–H and O–H groups in total. The Bertz CT molecular complexity index is 947. The van der Waals surface area contributed by atoms with Crippen molar-refractivity contribution in [3.63, 3.8) is 0 Å². The minimum Gasteiger partial charge on any atom is -0.370 e. The highest BCUT2D eigenvalue weighted by atomic mass is 15.3. The Hall–Kier alpha value is -2.37. The fourth-order valence-corrected chi connectivity index (χ4v) is 4.95. The second-order valence-corrected chi connectivity index (χ2v) is 9.14. The quantitative estimate of drug-likeness (QED) is 0.196. The molecule has 5 nitrogen and oxygen atoms in total. The van der Waals surface area contributed by atoms with Gasteiger partial charge in [0.05, 0.1) is 23.4 Å². The van der Waals surface area contributed by atoms with E-state index in [1.165, 1.54) is 10.8 Å². The Balaban J connectivity index is 1.89. The van der Waals surface area contributed by atoms with Gasteiger partial charge in [-0.3, -0.25) is 9.80 Å². The third-order valence-electron chi connectivity index (χ3n) is 6.91. The monoisotopic (exact) mass is 463 g/mol. The van der Waals surface area contributed by atoms with Gasteiger partial charge in [-0.2, -0.15) is 0 Å². The maximum absolute atomic E-state index is 5.07. The molecule has 0 bridgehead atoms. The van der Waals surface area contributed by atoms with Gasteiger partial charge in [0, 0.05) is 22.1 Å². The number of rotatable bonds is 14. The van der Waals surface area contributed by atoms with E-state index in [1.54, 1.807) is 0 Å². The molecule has 0 saturated carbocycles. The average molecular weight is 464 g/mol. The van der Waals surface area contributed by atoms with E-state index < -0.39 is 0 Å². The number of aromatic nitrogens is 1. The number of anilines is 2. The van der Waals surface area contributed by atoms with Crippen LogP contribution in [0.2, 0.25) is 0 Å². The third-order valence-corrected chi connectivity index (χ3v) is 6.91. The zero-order valence-electron chi connectivity index (χ0n) is 22.2. The fourth-order valence-electron chi connectivity index (χ4n) is 4.95. The van der Waals surface area contributed by atoms with Crippen molar-refractivity contribution in [2.24, 2.45) is 0 Å². The number of hydrogen-bond donors (Lipinski definition) is 2. The zero-order chi connectivity index (χ0) is 24.5. The van der Waals surface area contributed by atoms with Crippen LogP contribution in [0.5, 0.6) is 0 Å². The Morgan fingerprint density at radius 3 is 1.38 bits per heavy atom. The van der Waals surface area contributed by atoms with E-state index in [9.17, 15) is 0 Å². The molecule has 0 saturated heterocycles. The van der Waals surface area contributed by atoms with Gasteiger partial charge < -0.3 is 10.6 Å². The highest BCUT2D eigenvalue weighted by Gasteiger charge is 2.16. The summed E-state index contributed by atoms with van der Waals surface area (Å²) in [5, 5.41) is 9.90. The second-order valence-electron chi connectivity index (χ2n) is 9.14. The van der Waals surface area contributed by atoms with Crippen molar-refractivity contribution in [1.29, 1.82) is 0 Å². The van der Waals surface area contributed by atoms with E-state index in [0.717, 1.165) is 74.3 Å². The molecule has 3 rings (SSSR count). The van der Waals surface area contributed by atoms with Crippen molar-refractivity contribution < 1.29 is 0 Å². The molecular formula is C29H45N5. The van der Waals surface area contributed by atoms with Crippen molar-refractivity contribution in [2.45, 2.75) is 79.6 Å². The van der Waals surface area contributed by atoms with Crippen LogP contribution in [0.4, 0.5) is 11.4 Å². The van der Waals surface area contributed by atoms with Gasteiger partial charge in [-0.1, -0.05) is 66.5 Å². The lowest BCUT2D eigenvalue weighted by atomic mass is 10.1. The smallest absolute Gasteiger partial charge is 0.0792 e. The molecule has 0 fully saturated rings. The zero-order valence-corrected chi connectivity index (χ0v) is 22.2. The van der Waals surface area contributed by atoms with Gasteiger partial charge in [0.2, 0.25) is 0 Å². The van der Waals surface area contributed by atoms with Crippen LogP contribution in [-0.4, -0.2) is 53.3 Å². The molecule has 0 spiro atoms. The molecule has 34 heavy (non-hydrogen) atoms. The number of hydrogen-bond acceptors (Lipinski definition) is 5. The topological polar surface area (TPSA) is 43.4 Å². The molecule has 0 aliphatic rings. The molecule has 2 aromatic carbocycles. The van der Waals surface area contributed by atoms with Gasteiger partial charge in [-0.25, -0.2) is 4.98 Å². The largest absolute Gasteiger partial charge is 0.370 e. The van der Waals surface area contributed by atoms with Crippen LogP contribution in [0.15, 0.2) is 42.5 Å². The molecule has 3 aromatic rings. The average Bonchev–Trinajstić information content (AvgIpc) is 2.84. The molecule has 0 amide bonds. The Kier molecular flexibility index (Phi) is 9.97. The van der Waals surface area contributed by atoms with E-state index in [0.29, 0.717) is 12.3 Å². The van der Waals surface area contributed by atoms with Gasteiger partial charge in [-0.05, 0) is 69.4 Å². The van der Waals surface area contributed by atoms with Crippen LogP contribution in [0.25, 0.3) is 21.8 Å². The van der Waals surface area contributed by atoms with Crippen LogP contribution >= 0.6 is 0 Å². The summed E-state index contributed by atoms with van der Waals surface area (Å²) in [4.78, 5) is 10.0. The minimum absolute atomic E-state index is 0.351. The number of pyridine rings is 1. The normalized spacial score (nSPS) is 13.6. The number of nitrogens with one attached hydrogen (secondary N) is 2. The van der Waals surface area contributed by atoms with E-state index >= 15 is 0 Å². The first-order valence-electron chi connectivity index (χ1n) is 13.4. The van der Waals surface area contributed by atoms with Crippen LogP contribution in [-0.2, 0) is 0 Å². The fraction of sp³-hybridized carbons (Fsp3) is 0.552. The summed E-state index contributed by atoms with van der Waals surface area (Å²) < 4.78 is 0. The lowest BCUT2D eigenvalue weighted by molar-refractivity contribution is 0.227. The van der Waals surface area contributed by atoms with E-state index in [1.807, 2.05) is 0 Å². The van der Waals surface area contributed by atoms with Crippen LogP contribution in [0.3, 0.4) is 0 Å². The first-order valence-corrected chi connectivity index (χ1v) is 13.4. The molecule has 1 heterocycles. The van der Waals surface area contributed by atoms with Crippen LogP contribution in [0, 0.1) is 0 Å².